The van der Waals surface area contributed by atoms with Crippen LogP contribution in [0.15, 0.2) is 12.1 Å². The molecule has 1 aromatic rings. The summed E-state index contributed by atoms with van der Waals surface area (Å²) in [6.07, 6.45) is -4.08. The van der Waals surface area contributed by atoms with Gasteiger partial charge in [0.25, 0.3) is 0 Å². The van der Waals surface area contributed by atoms with Crippen LogP contribution >= 0.6 is 0 Å². The summed E-state index contributed by atoms with van der Waals surface area (Å²) < 4.78 is 47.7. The van der Waals surface area contributed by atoms with E-state index in [-0.39, 0.29) is 37.4 Å². The van der Waals surface area contributed by atoms with Gasteiger partial charge in [0, 0.05) is 13.1 Å². The minimum absolute atomic E-state index is 0.0340. The number of methoxy groups -OCH3 is 2. The van der Waals surface area contributed by atoms with Crippen molar-refractivity contribution in [3.63, 3.8) is 0 Å². The normalized spacial score (nSPS) is 16.5. The number of esters is 1. The number of anilines is 1. The zero-order valence-electron chi connectivity index (χ0n) is 12.3. The van der Waals surface area contributed by atoms with E-state index >= 15 is 0 Å². The molecule has 0 radical (unpaired) electrons. The molecule has 2 heterocycles. The molecule has 0 bridgehead atoms. The molecule has 1 aliphatic rings. The smallest absolute Gasteiger partial charge is 0.391 e. The van der Waals surface area contributed by atoms with E-state index in [1.165, 1.54) is 20.3 Å². The third-order valence-corrected chi connectivity index (χ3v) is 3.73. The van der Waals surface area contributed by atoms with E-state index in [2.05, 4.69) is 9.72 Å². The van der Waals surface area contributed by atoms with Crippen molar-refractivity contribution in [2.75, 3.05) is 32.2 Å². The van der Waals surface area contributed by atoms with Gasteiger partial charge in [0.05, 0.1) is 20.1 Å². The molecule has 1 saturated heterocycles. The summed E-state index contributed by atoms with van der Waals surface area (Å²) in [6, 6.07) is 3.09. The molecule has 8 heteroatoms. The molecule has 0 aromatic carbocycles. The van der Waals surface area contributed by atoms with Crippen molar-refractivity contribution in [3.8, 4) is 5.88 Å². The number of ether oxygens (including phenoxy) is 2. The quantitative estimate of drug-likeness (QED) is 0.802. The first-order valence-corrected chi connectivity index (χ1v) is 6.81. The Balaban J connectivity index is 2.13. The molecule has 0 saturated carbocycles. The number of carbonyl (C=O) groups excluding carboxylic acids is 1. The van der Waals surface area contributed by atoms with Gasteiger partial charge in [-0.1, -0.05) is 0 Å². The van der Waals surface area contributed by atoms with Crippen LogP contribution in [-0.2, 0) is 4.74 Å². The van der Waals surface area contributed by atoms with Crippen molar-refractivity contribution in [3.05, 3.63) is 17.7 Å². The van der Waals surface area contributed by atoms with E-state index in [0.717, 1.165) is 0 Å². The summed E-state index contributed by atoms with van der Waals surface area (Å²) in [5.41, 5.74) is 0.180. The number of alkyl halides is 3. The monoisotopic (exact) mass is 318 g/mol. The highest BCUT2D eigenvalue weighted by molar-refractivity contribution is 5.92. The van der Waals surface area contributed by atoms with Gasteiger partial charge in [-0.3, -0.25) is 0 Å². The van der Waals surface area contributed by atoms with Crippen LogP contribution in [0.5, 0.6) is 5.88 Å². The lowest BCUT2D eigenvalue weighted by molar-refractivity contribution is -0.179. The molecular weight excluding hydrogens is 301 g/mol. The number of hydrogen-bond acceptors (Lipinski definition) is 5. The van der Waals surface area contributed by atoms with Gasteiger partial charge in [0.1, 0.15) is 11.4 Å². The second kappa shape index (κ2) is 6.41. The van der Waals surface area contributed by atoms with Gasteiger partial charge in [-0.2, -0.15) is 18.2 Å². The van der Waals surface area contributed by atoms with Gasteiger partial charge in [-0.05, 0) is 25.0 Å². The molecule has 1 aliphatic heterocycles. The molecule has 0 atom stereocenters. The van der Waals surface area contributed by atoms with Gasteiger partial charge in [-0.25, -0.2) is 4.79 Å². The highest BCUT2D eigenvalue weighted by Gasteiger charge is 2.41. The first-order chi connectivity index (χ1) is 10.4. The maximum atomic E-state index is 12.7. The van der Waals surface area contributed by atoms with Crippen LogP contribution in [0.1, 0.15) is 23.2 Å². The number of hydrogen-bond donors (Lipinski definition) is 0. The lowest BCUT2D eigenvalue weighted by Gasteiger charge is -2.33. The van der Waals surface area contributed by atoms with Crippen molar-refractivity contribution in [1.82, 2.24) is 4.98 Å². The van der Waals surface area contributed by atoms with Gasteiger partial charge in [-0.15, -0.1) is 0 Å². The number of aromatic nitrogens is 1. The van der Waals surface area contributed by atoms with Crippen LogP contribution in [0.2, 0.25) is 0 Å². The Morgan fingerprint density at radius 2 is 1.91 bits per heavy atom. The SMILES string of the molecule is COC(=O)c1ccc(N2CCC(C(F)(F)F)CC2)nc1OC. The van der Waals surface area contributed by atoms with Crippen molar-refractivity contribution in [1.29, 1.82) is 0 Å². The fourth-order valence-corrected chi connectivity index (χ4v) is 2.46. The summed E-state index contributed by atoms with van der Waals surface area (Å²) in [6.45, 7) is 0.524. The average Bonchev–Trinajstić information content (AvgIpc) is 2.52. The van der Waals surface area contributed by atoms with Crippen LogP contribution < -0.4 is 9.64 Å². The van der Waals surface area contributed by atoms with Crippen LogP contribution in [0, 0.1) is 5.92 Å². The minimum atomic E-state index is -4.15. The largest absolute Gasteiger partial charge is 0.480 e. The summed E-state index contributed by atoms with van der Waals surface area (Å²) in [4.78, 5) is 17.5. The number of piperidine rings is 1. The molecule has 0 N–H and O–H groups in total. The second-order valence-corrected chi connectivity index (χ2v) is 5.02. The Hall–Kier alpha value is -1.99. The first kappa shape index (κ1) is 16.4. The maximum absolute atomic E-state index is 12.7. The van der Waals surface area contributed by atoms with Gasteiger partial charge in [0.2, 0.25) is 5.88 Å². The molecule has 5 nitrogen and oxygen atoms in total. The number of pyridine rings is 1. The Bertz CT molecular complexity index is 541. The summed E-state index contributed by atoms with van der Waals surface area (Å²) in [5, 5.41) is 0. The highest BCUT2D eigenvalue weighted by Crippen LogP contribution is 2.35. The van der Waals surface area contributed by atoms with Crippen molar-refractivity contribution >= 4 is 11.8 Å². The Morgan fingerprint density at radius 3 is 2.41 bits per heavy atom. The van der Waals surface area contributed by atoms with Gasteiger partial charge >= 0.3 is 12.1 Å². The van der Waals surface area contributed by atoms with Crippen molar-refractivity contribution in [2.24, 2.45) is 5.92 Å². The van der Waals surface area contributed by atoms with Crippen LogP contribution in [0.4, 0.5) is 19.0 Å². The predicted octanol–water partition coefficient (Wildman–Crippen LogP) is 2.66. The van der Waals surface area contributed by atoms with E-state index in [0.29, 0.717) is 5.82 Å². The molecule has 1 aromatic heterocycles. The Morgan fingerprint density at radius 1 is 1.27 bits per heavy atom. The molecule has 22 heavy (non-hydrogen) atoms. The fraction of sp³-hybridized carbons (Fsp3) is 0.571. The molecular formula is C14H17F3N2O3. The highest BCUT2D eigenvalue weighted by atomic mass is 19.4. The standard InChI is InChI=1S/C14H17F3N2O3/c1-21-12-10(13(20)22-2)3-4-11(18-12)19-7-5-9(6-8-19)14(15,16)17/h3-4,9H,5-8H2,1-2H3. The summed E-state index contributed by atoms with van der Waals surface area (Å²) >= 11 is 0. The summed E-state index contributed by atoms with van der Waals surface area (Å²) in [5.74, 6) is -1.25. The van der Waals surface area contributed by atoms with E-state index in [1.54, 1.807) is 11.0 Å². The zero-order valence-corrected chi connectivity index (χ0v) is 12.3. The van der Waals surface area contributed by atoms with Crippen molar-refractivity contribution in [2.45, 2.75) is 19.0 Å². The van der Waals surface area contributed by atoms with Gasteiger partial charge < -0.3 is 14.4 Å². The topological polar surface area (TPSA) is 51.7 Å². The molecule has 0 amide bonds. The minimum Gasteiger partial charge on any atom is -0.480 e. The zero-order chi connectivity index (χ0) is 16.3. The van der Waals surface area contributed by atoms with Crippen LogP contribution in [0.3, 0.4) is 0 Å². The first-order valence-electron chi connectivity index (χ1n) is 6.81. The lowest BCUT2D eigenvalue weighted by atomic mass is 9.96. The van der Waals surface area contributed by atoms with Crippen LogP contribution in [-0.4, -0.2) is 44.4 Å². The van der Waals surface area contributed by atoms with Crippen molar-refractivity contribution < 1.29 is 27.4 Å². The van der Waals surface area contributed by atoms with Crippen LogP contribution in [0.25, 0.3) is 0 Å². The molecule has 1 fully saturated rings. The maximum Gasteiger partial charge on any atom is 0.391 e. The third-order valence-electron chi connectivity index (χ3n) is 3.73. The molecule has 0 spiro atoms. The fourth-order valence-electron chi connectivity index (χ4n) is 2.46. The number of halogens is 3. The summed E-state index contributed by atoms with van der Waals surface area (Å²) in [7, 11) is 2.62. The van der Waals surface area contributed by atoms with Gasteiger partial charge in [0.15, 0.2) is 0 Å². The van der Waals surface area contributed by atoms with E-state index in [4.69, 9.17) is 4.74 Å². The van der Waals surface area contributed by atoms with E-state index in [1.807, 2.05) is 0 Å². The predicted molar refractivity (Wildman–Crippen MR) is 73.1 cm³/mol. The number of nitrogens with zero attached hydrogens (tertiary/aromatic N) is 2. The lowest BCUT2D eigenvalue weighted by Crippen LogP contribution is -2.39. The number of rotatable bonds is 3. The van der Waals surface area contributed by atoms with E-state index < -0.39 is 18.1 Å². The Labute approximate surface area is 126 Å². The molecule has 0 aliphatic carbocycles. The average molecular weight is 318 g/mol. The number of carbonyl (C=O) groups is 1. The second-order valence-electron chi connectivity index (χ2n) is 5.02. The Kier molecular flexibility index (Phi) is 4.77. The molecule has 0 unspecified atom stereocenters. The molecule has 2 rings (SSSR count). The van der Waals surface area contributed by atoms with E-state index in [9.17, 15) is 18.0 Å². The third kappa shape index (κ3) is 3.42. The molecule has 122 valence electrons.